The zero-order valence-corrected chi connectivity index (χ0v) is 17.0. The van der Waals surface area contributed by atoms with E-state index in [-0.39, 0.29) is 11.6 Å². The highest BCUT2D eigenvalue weighted by Gasteiger charge is 2.20. The number of aromatic nitrogens is 2. The Hall–Kier alpha value is -1.73. The molecule has 0 saturated carbocycles. The first-order valence-electron chi connectivity index (χ1n) is 7.49. The van der Waals surface area contributed by atoms with Gasteiger partial charge >= 0.3 is 0 Å². The van der Waals surface area contributed by atoms with E-state index >= 15 is 0 Å². The molecule has 1 aromatic heterocycles. The van der Waals surface area contributed by atoms with Crippen molar-refractivity contribution in [2.24, 2.45) is 7.05 Å². The van der Waals surface area contributed by atoms with Gasteiger partial charge < -0.3 is 5.32 Å². The number of rotatable bonds is 3. The molecule has 7 heteroatoms. The lowest BCUT2D eigenvalue weighted by Gasteiger charge is -2.14. The first kappa shape index (κ1) is 18.1. The van der Waals surface area contributed by atoms with Gasteiger partial charge in [0.2, 0.25) is 0 Å². The summed E-state index contributed by atoms with van der Waals surface area (Å²) in [6.07, 6.45) is 0. The van der Waals surface area contributed by atoms with Crippen molar-refractivity contribution >= 4 is 43.4 Å². The SMILES string of the molecule is Cc1cc(F)c(Nc2c(-c3ccc(F)cc3Br)c(C)nn2C)c(Br)c1. The van der Waals surface area contributed by atoms with Gasteiger partial charge in [0.05, 0.1) is 11.4 Å². The van der Waals surface area contributed by atoms with Crippen LogP contribution in [0.4, 0.5) is 20.3 Å². The number of nitrogens with zero attached hydrogens (tertiary/aromatic N) is 2. The molecule has 0 saturated heterocycles. The Morgan fingerprint density at radius 2 is 1.76 bits per heavy atom. The number of hydrogen-bond donors (Lipinski definition) is 1. The molecule has 0 spiro atoms. The lowest BCUT2D eigenvalue weighted by atomic mass is 10.1. The number of hydrogen-bond acceptors (Lipinski definition) is 2. The fraction of sp³-hybridized carbons (Fsp3) is 0.167. The van der Waals surface area contributed by atoms with E-state index in [4.69, 9.17) is 0 Å². The van der Waals surface area contributed by atoms with Crippen molar-refractivity contribution in [3.05, 3.63) is 62.2 Å². The van der Waals surface area contributed by atoms with Gasteiger partial charge in [-0.2, -0.15) is 5.10 Å². The summed E-state index contributed by atoms with van der Waals surface area (Å²) < 4.78 is 30.7. The summed E-state index contributed by atoms with van der Waals surface area (Å²) in [5.74, 6) is -0.0814. The van der Waals surface area contributed by atoms with Crippen molar-refractivity contribution in [2.45, 2.75) is 13.8 Å². The highest BCUT2D eigenvalue weighted by Crippen LogP contribution is 2.39. The van der Waals surface area contributed by atoms with Crippen molar-refractivity contribution in [2.75, 3.05) is 5.32 Å². The molecule has 0 aliphatic rings. The van der Waals surface area contributed by atoms with Gasteiger partial charge in [0, 0.05) is 27.1 Å². The molecule has 0 atom stereocenters. The van der Waals surface area contributed by atoms with Crippen molar-refractivity contribution in [3.63, 3.8) is 0 Å². The van der Waals surface area contributed by atoms with E-state index in [0.717, 1.165) is 22.4 Å². The van der Waals surface area contributed by atoms with Crippen LogP contribution < -0.4 is 5.32 Å². The van der Waals surface area contributed by atoms with Gasteiger partial charge in [-0.1, -0.05) is 22.0 Å². The topological polar surface area (TPSA) is 29.9 Å². The Morgan fingerprint density at radius 3 is 2.40 bits per heavy atom. The standard InChI is InChI=1S/C18H15Br2F2N3/c1-9-6-14(20)17(15(22)7-9)23-18-16(10(2)24-25(18)3)12-5-4-11(21)8-13(12)19/h4-8,23H,1-3H3. The lowest BCUT2D eigenvalue weighted by Crippen LogP contribution is -2.03. The molecule has 0 unspecified atom stereocenters. The summed E-state index contributed by atoms with van der Waals surface area (Å²) in [5, 5.41) is 7.56. The minimum absolute atomic E-state index is 0.327. The van der Waals surface area contributed by atoms with Crippen molar-refractivity contribution in [3.8, 4) is 11.1 Å². The minimum Gasteiger partial charge on any atom is -0.337 e. The first-order chi connectivity index (χ1) is 11.8. The zero-order valence-electron chi connectivity index (χ0n) is 13.8. The van der Waals surface area contributed by atoms with Crippen LogP contribution in [0.2, 0.25) is 0 Å². The van der Waals surface area contributed by atoms with Crippen LogP contribution in [-0.4, -0.2) is 9.78 Å². The highest BCUT2D eigenvalue weighted by atomic mass is 79.9. The van der Waals surface area contributed by atoms with Crippen LogP contribution in [0.15, 0.2) is 39.3 Å². The lowest BCUT2D eigenvalue weighted by molar-refractivity contribution is 0.627. The summed E-state index contributed by atoms with van der Waals surface area (Å²) in [5.41, 5.74) is 3.45. The van der Waals surface area contributed by atoms with E-state index in [1.165, 1.54) is 18.2 Å². The fourth-order valence-electron chi connectivity index (χ4n) is 2.75. The van der Waals surface area contributed by atoms with Crippen LogP contribution in [0.25, 0.3) is 11.1 Å². The number of nitrogens with one attached hydrogen (secondary N) is 1. The number of benzene rings is 2. The summed E-state index contributed by atoms with van der Waals surface area (Å²) in [7, 11) is 1.77. The molecule has 0 aliphatic carbocycles. The van der Waals surface area contributed by atoms with E-state index in [9.17, 15) is 8.78 Å². The molecule has 3 rings (SSSR count). The van der Waals surface area contributed by atoms with Crippen molar-refractivity contribution < 1.29 is 8.78 Å². The monoisotopic (exact) mass is 469 g/mol. The Bertz CT molecular complexity index is 944. The van der Waals surface area contributed by atoms with E-state index in [1.54, 1.807) is 17.8 Å². The van der Waals surface area contributed by atoms with Gasteiger partial charge in [0.15, 0.2) is 0 Å². The van der Waals surface area contributed by atoms with E-state index < -0.39 is 0 Å². The largest absolute Gasteiger partial charge is 0.337 e. The normalized spacial score (nSPS) is 11.0. The molecular formula is C18H15Br2F2N3. The van der Waals surface area contributed by atoms with E-state index in [1.807, 2.05) is 19.9 Å². The van der Waals surface area contributed by atoms with Crippen molar-refractivity contribution in [1.29, 1.82) is 0 Å². The molecule has 0 fully saturated rings. The maximum Gasteiger partial charge on any atom is 0.148 e. The van der Waals surface area contributed by atoms with Crippen LogP contribution >= 0.6 is 31.9 Å². The van der Waals surface area contributed by atoms with Gasteiger partial charge in [-0.15, -0.1) is 0 Å². The van der Waals surface area contributed by atoms with Gasteiger partial charge in [-0.3, -0.25) is 4.68 Å². The molecule has 0 amide bonds. The number of anilines is 2. The fourth-order valence-corrected chi connectivity index (χ4v) is 3.95. The van der Waals surface area contributed by atoms with Crippen LogP contribution in [0.1, 0.15) is 11.3 Å². The molecule has 1 N–H and O–H groups in total. The highest BCUT2D eigenvalue weighted by molar-refractivity contribution is 9.11. The summed E-state index contributed by atoms with van der Waals surface area (Å²) >= 11 is 6.80. The Labute approximate surface area is 161 Å². The Balaban J connectivity index is 2.16. The molecule has 25 heavy (non-hydrogen) atoms. The van der Waals surface area contributed by atoms with E-state index in [2.05, 4.69) is 42.3 Å². The maximum atomic E-state index is 14.4. The van der Waals surface area contributed by atoms with Gasteiger partial charge in [0.25, 0.3) is 0 Å². The second-order valence-electron chi connectivity index (χ2n) is 5.79. The molecule has 3 nitrogen and oxygen atoms in total. The Kier molecular flexibility index (Phi) is 4.97. The first-order valence-corrected chi connectivity index (χ1v) is 9.08. The molecule has 0 aliphatic heterocycles. The Morgan fingerprint density at radius 1 is 1.04 bits per heavy atom. The van der Waals surface area contributed by atoms with Gasteiger partial charge in [0.1, 0.15) is 17.5 Å². The second-order valence-corrected chi connectivity index (χ2v) is 7.49. The predicted molar refractivity (Wildman–Crippen MR) is 103 cm³/mol. The van der Waals surface area contributed by atoms with Crippen molar-refractivity contribution in [1.82, 2.24) is 9.78 Å². The average Bonchev–Trinajstić information content (AvgIpc) is 2.77. The number of halogens is 4. The van der Waals surface area contributed by atoms with E-state index in [0.29, 0.717) is 20.5 Å². The summed E-state index contributed by atoms with van der Waals surface area (Å²) in [6, 6.07) is 7.76. The molecule has 0 bridgehead atoms. The second kappa shape index (κ2) is 6.88. The van der Waals surface area contributed by atoms with Crippen LogP contribution in [0.5, 0.6) is 0 Å². The summed E-state index contributed by atoms with van der Waals surface area (Å²) in [6.45, 7) is 3.68. The molecule has 3 aromatic rings. The summed E-state index contributed by atoms with van der Waals surface area (Å²) in [4.78, 5) is 0. The molecule has 130 valence electrons. The zero-order chi connectivity index (χ0) is 18.3. The molecule has 1 heterocycles. The molecule has 2 aromatic carbocycles. The molecular weight excluding hydrogens is 456 g/mol. The van der Waals surface area contributed by atoms with Crippen LogP contribution in [0.3, 0.4) is 0 Å². The smallest absolute Gasteiger partial charge is 0.148 e. The number of aryl methyl sites for hydroxylation is 3. The minimum atomic E-state index is -0.366. The van der Waals surface area contributed by atoms with Gasteiger partial charge in [-0.25, -0.2) is 8.78 Å². The third-order valence-electron chi connectivity index (χ3n) is 3.85. The predicted octanol–water partition coefficient (Wildman–Crippen LogP) is 6.25. The van der Waals surface area contributed by atoms with Crippen LogP contribution in [0, 0.1) is 25.5 Å². The third kappa shape index (κ3) is 3.48. The maximum absolute atomic E-state index is 14.4. The van der Waals surface area contributed by atoms with Gasteiger partial charge in [-0.05, 0) is 59.6 Å². The quantitative estimate of drug-likeness (QED) is 0.490. The average molecular weight is 471 g/mol. The third-order valence-corrected chi connectivity index (χ3v) is 5.13. The molecule has 0 radical (unpaired) electrons. The van der Waals surface area contributed by atoms with Crippen LogP contribution in [-0.2, 0) is 7.05 Å².